The molecule has 4 unspecified atom stereocenters. The van der Waals surface area contributed by atoms with Gasteiger partial charge in [0.15, 0.2) is 0 Å². The number of nitrogens with zero attached hydrogens (tertiary/aromatic N) is 1. The van der Waals surface area contributed by atoms with Crippen molar-refractivity contribution < 1.29 is 5.11 Å². The van der Waals surface area contributed by atoms with Crippen LogP contribution >= 0.6 is 0 Å². The Balaban J connectivity index is 1.64. The van der Waals surface area contributed by atoms with Crippen LogP contribution in [0.2, 0.25) is 0 Å². The summed E-state index contributed by atoms with van der Waals surface area (Å²) in [7, 11) is 2.23. The Morgan fingerprint density at radius 3 is 2.31 bits per heavy atom. The van der Waals surface area contributed by atoms with Gasteiger partial charge in [0.1, 0.15) is 0 Å². The van der Waals surface area contributed by atoms with Crippen LogP contribution in [0.5, 0.6) is 0 Å². The Morgan fingerprint density at radius 2 is 1.75 bits per heavy atom. The minimum atomic E-state index is -0.0717. The average molecular weight is 224 g/mol. The monoisotopic (exact) mass is 224 g/mol. The molecule has 3 fully saturated rings. The van der Waals surface area contributed by atoms with Crippen molar-refractivity contribution >= 4 is 0 Å². The molecule has 2 saturated heterocycles. The Hall–Kier alpha value is -0.120. The summed E-state index contributed by atoms with van der Waals surface area (Å²) >= 11 is 0. The lowest BCUT2D eigenvalue weighted by atomic mass is 9.96. The zero-order chi connectivity index (χ0) is 11.1. The maximum Gasteiger partial charge on any atom is 0.0695 e. The highest BCUT2D eigenvalue weighted by atomic mass is 16.3. The molecule has 0 radical (unpaired) electrons. The highest BCUT2D eigenvalue weighted by molar-refractivity contribution is 4.97. The van der Waals surface area contributed by atoms with Gasteiger partial charge in [-0.3, -0.25) is 4.90 Å². The zero-order valence-electron chi connectivity index (χ0n) is 10.2. The molecule has 3 rings (SSSR count). The van der Waals surface area contributed by atoms with Crippen LogP contribution in [0.15, 0.2) is 0 Å². The lowest BCUT2D eigenvalue weighted by Crippen LogP contribution is -2.51. The number of aliphatic hydroxyl groups is 1. The standard InChI is InChI=1S/C13H24N2O/c1-15(12-3-2-4-13(12)16)11-7-9-5-6-10(8-11)14-9/h9-14,16H,2-8H2,1H3. The van der Waals surface area contributed by atoms with Gasteiger partial charge in [-0.15, -0.1) is 0 Å². The first-order valence-electron chi connectivity index (χ1n) is 6.90. The summed E-state index contributed by atoms with van der Waals surface area (Å²) in [6.07, 6.45) is 8.63. The van der Waals surface area contributed by atoms with Crippen molar-refractivity contribution in [3.05, 3.63) is 0 Å². The number of nitrogens with one attached hydrogen (secondary N) is 1. The summed E-state index contributed by atoms with van der Waals surface area (Å²) in [4.78, 5) is 2.49. The summed E-state index contributed by atoms with van der Waals surface area (Å²) in [5.74, 6) is 0. The SMILES string of the molecule is CN(C1CC2CCC(C1)N2)C1CCCC1O. The number of aliphatic hydroxyl groups excluding tert-OH is 1. The van der Waals surface area contributed by atoms with Gasteiger partial charge in [-0.2, -0.15) is 0 Å². The van der Waals surface area contributed by atoms with E-state index in [4.69, 9.17) is 0 Å². The van der Waals surface area contributed by atoms with Crippen molar-refractivity contribution in [3.8, 4) is 0 Å². The minimum absolute atomic E-state index is 0.0717. The molecule has 3 aliphatic rings. The fourth-order valence-electron chi connectivity index (χ4n) is 4.03. The van der Waals surface area contributed by atoms with E-state index < -0.39 is 0 Å². The fraction of sp³-hybridized carbons (Fsp3) is 1.00. The molecule has 0 spiro atoms. The van der Waals surface area contributed by atoms with E-state index in [1.54, 1.807) is 0 Å². The van der Waals surface area contributed by atoms with Gasteiger partial charge in [0, 0.05) is 24.2 Å². The van der Waals surface area contributed by atoms with Gasteiger partial charge in [0.2, 0.25) is 0 Å². The van der Waals surface area contributed by atoms with Crippen LogP contribution in [-0.4, -0.2) is 47.3 Å². The van der Waals surface area contributed by atoms with Crippen LogP contribution in [0, 0.1) is 0 Å². The average Bonchev–Trinajstić information content (AvgIpc) is 2.84. The van der Waals surface area contributed by atoms with Crippen molar-refractivity contribution in [2.75, 3.05) is 7.05 Å². The molecule has 0 aromatic heterocycles. The molecular formula is C13H24N2O. The molecule has 0 aromatic rings. The predicted octanol–water partition coefficient (Wildman–Crippen LogP) is 1.11. The van der Waals surface area contributed by atoms with E-state index >= 15 is 0 Å². The molecule has 16 heavy (non-hydrogen) atoms. The van der Waals surface area contributed by atoms with Crippen LogP contribution in [-0.2, 0) is 0 Å². The van der Waals surface area contributed by atoms with Gasteiger partial charge in [-0.25, -0.2) is 0 Å². The quantitative estimate of drug-likeness (QED) is 0.738. The number of fused-ring (bicyclic) bond motifs is 2. The first kappa shape index (κ1) is 11.0. The normalized spacial score (nSPS) is 47.8. The predicted molar refractivity (Wildman–Crippen MR) is 64.4 cm³/mol. The number of rotatable bonds is 2. The summed E-state index contributed by atoms with van der Waals surface area (Å²) in [5, 5.41) is 13.7. The Kier molecular flexibility index (Phi) is 2.94. The lowest BCUT2D eigenvalue weighted by molar-refractivity contribution is 0.0456. The van der Waals surface area contributed by atoms with Gasteiger partial charge in [0.05, 0.1) is 6.10 Å². The molecule has 0 amide bonds. The third-order valence-electron chi connectivity index (χ3n) is 4.99. The molecular weight excluding hydrogens is 200 g/mol. The van der Waals surface area contributed by atoms with Crippen LogP contribution in [0.25, 0.3) is 0 Å². The van der Waals surface area contributed by atoms with E-state index in [0.29, 0.717) is 12.1 Å². The first-order valence-corrected chi connectivity index (χ1v) is 6.90. The molecule has 2 aliphatic heterocycles. The second-order valence-electron chi connectivity index (χ2n) is 5.99. The first-order chi connectivity index (χ1) is 7.74. The molecule has 3 nitrogen and oxygen atoms in total. The fourth-order valence-corrected chi connectivity index (χ4v) is 4.03. The molecule has 0 aromatic carbocycles. The lowest BCUT2D eigenvalue weighted by Gasteiger charge is -2.39. The largest absolute Gasteiger partial charge is 0.391 e. The van der Waals surface area contributed by atoms with Crippen LogP contribution in [0.1, 0.15) is 44.9 Å². The third kappa shape index (κ3) is 1.89. The number of likely N-dealkylation sites (N-methyl/N-ethyl adjacent to an activating group) is 1. The van der Waals surface area contributed by atoms with E-state index in [1.165, 1.54) is 38.5 Å². The smallest absolute Gasteiger partial charge is 0.0695 e. The Morgan fingerprint density at radius 1 is 1.06 bits per heavy atom. The van der Waals surface area contributed by atoms with Gasteiger partial charge < -0.3 is 10.4 Å². The zero-order valence-corrected chi connectivity index (χ0v) is 10.2. The van der Waals surface area contributed by atoms with Gasteiger partial charge in [-0.05, 0) is 52.0 Å². The second kappa shape index (κ2) is 4.28. The topological polar surface area (TPSA) is 35.5 Å². The molecule has 1 aliphatic carbocycles. The van der Waals surface area contributed by atoms with E-state index in [9.17, 15) is 5.11 Å². The maximum atomic E-state index is 9.98. The van der Waals surface area contributed by atoms with E-state index in [2.05, 4.69) is 17.3 Å². The maximum absolute atomic E-state index is 9.98. The van der Waals surface area contributed by atoms with Crippen molar-refractivity contribution in [2.45, 2.75) is 75.2 Å². The molecule has 2 N–H and O–H groups in total. The number of piperidine rings is 1. The van der Waals surface area contributed by atoms with E-state index in [1.807, 2.05) is 0 Å². The summed E-state index contributed by atoms with van der Waals surface area (Å²) in [5.41, 5.74) is 0. The molecule has 2 bridgehead atoms. The van der Waals surface area contributed by atoms with Gasteiger partial charge in [0.25, 0.3) is 0 Å². The van der Waals surface area contributed by atoms with Crippen LogP contribution in [0.3, 0.4) is 0 Å². The van der Waals surface area contributed by atoms with Crippen molar-refractivity contribution in [1.82, 2.24) is 10.2 Å². The third-order valence-corrected chi connectivity index (χ3v) is 4.99. The number of hydrogen-bond acceptors (Lipinski definition) is 3. The van der Waals surface area contributed by atoms with Crippen molar-refractivity contribution in [1.29, 1.82) is 0 Å². The van der Waals surface area contributed by atoms with Gasteiger partial charge >= 0.3 is 0 Å². The summed E-state index contributed by atoms with van der Waals surface area (Å²) in [6.45, 7) is 0. The highest BCUT2D eigenvalue weighted by Crippen LogP contribution is 2.33. The minimum Gasteiger partial charge on any atom is -0.391 e. The van der Waals surface area contributed by atoms with E-state index in [0.717, 1.165) is 18.5 Å². The Labute approximate surface area is 98.2 Å². The molecule has 92 valence electrons. The van der Waals surface area contributed by atoms with Crippen LogP contribution in [0.4, 0.5) is 0 Å². The van der Waals surface area contributed by atoms with Crippen molar-refractivity contribution in [3.63, 3.8) is 0 Å². The second-order valence-corrected chi connectivity index (χ2v) is 5.99. The van der Waals surface area contributed by atoms with E-state index in [-0.39, 0.29) is 6.10 Å². The van der Waals surface area contributed by atoms with Crippen LogP contribution < -0.4 is 5.32 Å². The summed E-state index contributed by atoms with van der Waals surface area (Å²) < 4.78 is 0. The molecule has 3 heteroatoms. The molecule has 1 saturated carbocycles. The Bertz CT molecular complexity index is 246. The van der Waals surface area contributed by atoms with Gasteiger partial charge in [-0.1, -0.05) is 0 Å². The molecule has 4 atom stereocenters. The molecule has 2 heterocycles. The van der Waals surface area contributed by atoms with Crippen molar-refractivity contribution in [2.24, 2.45) is 0 Å². The summed E-state index contributed by atoms with van der Waals surface area (Å²) in [6, 6.07) is 2.65. The highest BCUT2D eigenvalue weighted by Gasteiger charge is 2.39. The number of hydrogen-bond donors (Lipinski definition) is 2.